The summed E-state index contributed by atoms with van der Waals surface area (Å²) >= 11 is 14.7. The Labute approximate surface area is 213 Å². The number of benzene rings is 3. The summed E-state index contributed by atoms with van der Waals surface area (Å²) in [4.78, 5) is 14.5. The number of carbonyl (C=O) groups excluding carboxylic acids is 1. The van der Waals surface area contributed by atoms with Gasteiger partial charge in [-0.05, 0) is 82.5 Å². The van der Waals surface area contributed by atoms with Crippen LogP contribution in [-0.2, 0) is 11.4 Å². The molecule has 1 atom stereocenters. The Morgan fingerprint density at radius 3 is 2.47 bits per heavy atom. The van der Waals surface area contributed by atoms with E-state index in [1.54, 1.807) is 28.8 Å². The summed E-state index contributed by atoms with van der Waals surface area (Å²) in [5.74, 6) is 1.76. The van der Waals surface area contributed by atoms with Crippen LogP contribution in [0.2, 0.25) is 5.02 Å². The predicted molar refractivity (Wildman–Crippen MR) is 138 cm³/mol. The first-order valence-electron chi connectivity index (χ1n) is 9.99. The number of halogens is 3. The highest BCUT2D eigenvalue weighted by Gasteiger charge is 2.35. The van der Waals surface area contributed by atoms with Crippen LogP contribution in [0.5, 0.6) is 11.5 Å². The lowest BCUT2D eigenvalue weighted by atomic mass is 10.1. The number of rotatable bonds is 7. The van der Waals surface area contributed by atoms with E-state index in [4.69, 9.17) is 21.1 Å². The minimum absolute atomic E-state index is 0.0620. The van der Waals surface area contributed by atoms with Gasteiger partial charge in [0.25, 0.3) is 0 Å². The number of amides is 1. The van der Waals surface area contributed by atoms with Crippen LogP contribution >= 0.6 is 55.2 Å². The van der Waals surface area contributed by atoms with Crippen molar-refractivity contribution in [1.29, 1.82) is 0 Å². The second-order valence-corrected chi connectivity index (χ2v) is 10.4. The first kappa shape index (κ1) is 23.5. The number of ether oxygens (including phenoxy) is 2. The Bertz CT molecular complexity index is 1110. The Balaban J connectivity index is 1.63. The van der Waals surface area contributed by atoms with Crippen molar-refractivity contribution < 1.29 is 14.3 Å². The molecule has 1 aliphatic heterocycles. The van der Waals surface area contributed by atoms with E-state index in [0.29, 0.717) is 35.5 Å². The van der Waals surface area contributed by atoms with E-state index in [9.17, 15) is 4.79 Å². The van der Waals surface area contributed by atoms with Gasteiger partial charge in [0.2, 0.25) is 5.91 Å². The molecule has 3 aromatic carbocycles. The van der Waals surface area contributed by atoms with E-state index in [1.807, 2.05) is 55.5 Å². The lowest BCUT2D eigenvalue weighted by Crippen LogP contribution is -2.27. The van der Waals surface area contributed by atoms with Crippen LogP contribution in [0.1, 0.15) is 23.4 Å². The van der Waals surface area contributed by atoms with Crippen molar-refractivity contribution in [2.24, 2.45) is 0 Å². The van der Waals surface area contributed by atoms with Crippen LogP contribution in [0.3, 0.4) is 0 Å². The Hall–Kier alpha value is -1.67. The zero-order valence-corrected chi connectivity index (χ0v) is 21.9. The summed E-state index contributed by atoms with van der Waals surface area (Å²) in [5, 5.41) is 0.470. The number of hydrogen-bond donors (Lipinski definition) is 0. The number of carbonyl (C=O) groups is 1. The molecule has 32 heavy (non-hydrogen) atoms. The fraction of sp³-hybridized carbons (Fsp3) is 0.208. The topological polar surface area (TPSA) is 38.8 Å². The molecule has 3 aromatic rings. The van der Waals surface area contributed by atoms with Crippen LogP contribution in [-0.4, -0.2) is 18.3 Å². The summed E-state index contributed by atoms with van der Waals surface area (Å²) in [6.45, 7) is 2.86. The zero-order chi connectivity index (χ0) is 22.7. The Kier molecular flexibility index (Phi) is 7.71. The molecule has 0 saturated carbocycles. The number of hydrogen-bond acceptors (Lipinski definition) is 4. The minimum Gasteiger partial charge on any atom is -0.490 e. The molecule has 4 nitrogen and oxygen atoms in total. The summed E-state index contributed by atoms with van der Waals surface area (Å²) in [5.41, 5.74) is 2.83. The highest BCUT2D eigenvalue weighted by molar-refractivity contribution is 9.10. The third-order valence-electron chi connectivity index (χ3n) is 4.89. The number of anilines is 1. The molecule has 0 unspecified atom stereocenters. The van der Waals surface area contributed by atoms with Crippen LogP contribution in [0, 0.1) is 0 Å². The van der Waals surface area contributed by atoms with Crippen molar-refractivity contribution in [3.05, 3.63) is 85.8 Å². The smallest absolute Gasteiger partial charge is 0.238 e. The van der Waals surface area contributed by atoms with Crippen molar-refractivity contribution >= 4 is 66.8 Å². The average molecular weight is 598 g/mol. The molecule has 166 valence electrons. The van der Waals surface area contributed by atoms with Crippen molar-refractivity contribution in [3.8, 4) is 11.5 Å². The molecule has 1 fully saturated rings. The van der Waals surface area contributed by atoms with Gasteiger partial charge in [0.15, 0.2) is 11.5 Å². The molecule has 1 saturated heterocycles. The van der Waals surface area contributed by atoms with Gasteiger partial charge < -0.3 is 9.47 Å². The zero-order valence-electron chi connectivity index (χ0n) is 17.2. The maximum absolute atomic E-state index is 12.7. The molecule has 0 aliphatic carbocycles. The molecular formula is C24H20Br2ClNO3S. The van der Waals surface area contributed by atoms with Gasteiger partial charge in [0.05, 0.1) is 16.8 Å². The molecule has 0 aromatic heterocycles. The molecule has 1 amide bonds. The summed E-state index contributed by atoms with van der Waals surface area (Å²) < 4.78 is 13.8. The largest absolute Gasteiger partial charge is 0.490 e. The standard InChI is InChI=1S/C24H20Br2ClNO3S/c1-2-30-21-12-16(11-20(26)23(21)31-13-15-3-5-17(25)6-4-15)24-28(22(29)14-32-24)19-9-7-18(27)8-10-19/h3-12,24H,2,13-14H2,1H3/t24-/m0/s1. The maximum atomic E-state index is 12.7. The molecule has 1 aliphatic rings. The van der Waals surface area contributed by atoms with Crippen LogP contribution in [0.15, 0.2) is 69.6 Å². The monoisotopic (exact) mass is 595 g/mol. The van der Waals surface area contributed by atoms with Crippen LogP contribution in [0.25, 0.3) is 0 Å². The summed E-state index contributed by atoms with van der Waals surface area (Å²) in [7, 11) is 0. The van der Waals surface area contributed by atoms with Gasteiger partial charge in [-0.2, -0.15) is 0 Å². The molecule has 0 bridgehead atoms. The summed E-state index contributed by atoms with van der Waals surface area (Å²) in [6, 6.07) is 19.3. The van der Waals surface area contributed by atoms with E-state index in [1.165, 1.54) is 0 Å². The van der Waals surface area contributed by atoms with Crippen LogP contribution < -0.4 is 14.4 Å². The third-order valence-corrected chi connectivity index (χ3v) is 7.47. The molecule has 0 N–H and O–H groups in total. The van der Waals surface area contributed by atoms with Crippen LogP contribution in [0.4, 0.5) is 5.69 Å². The molecule has 1 heterocycles. The van der Waals surface area contributed by atoms with Crippen molar-refractivity contribution in [2.75, 3.05) is 17.3 Å². The third kappa shape index (κ3) is 5.28. The molecular weight excluding hydrogens is 578 g/mol. The van der Waals surface area contributed by atoms with E-state index in [-0.39, 0.29) is 11.3 Å². The minimum atomic E-state index is -0.167. The average Bonchev–Trinajstić information content (AvgIpc) is 3.16. The van der Waals surface area contributed by atoms with E-state index >= 15 is 0 Å². The quantitative estimate of drug-likeness (QED) is 0.281. The van der Waals surface area contributed by atoms with Gasteiger partial charge in [0, 0.05) is 15.2 Å². The second-order valence-electron chi connectivity index (χ2n) is 7.08. The maximum Gasteiger partial charge on any atom is 0.238 e. The lowest BCUT2D eigenvalue weighted by Gasteiger charge is -2.25. The SMILES string of the molecule is CCOc1cc([C@@H]2SCC(=O)N2c2ccc(Cl)cc2)cc(Br)c1OCc1ccc(Br)cc1. The fourth-order valence-corrected chi connectivity index (χ4v) is 5.54. The fourth-order valence-electron chi connectivity index (χ4n) is 3.42. The van der Waals surface area contributed by atoms with Gasteiger partial charge in [-0.1, -0.05) is 39.7 Å². The number of thioether (sulfide) groups is 1. The van der Waals surface area contributed by atoms with E-state index in [0.717, 1.165) is 25.8 Å². The molecule has 4 rings (SSSR count). The van der Waals surface area contributed by atoms with E-state index in [2.05, 4.69) is 31.9 Å². The highest BCUT2D eigenvalue weighted by Crippen LogP contribution is 2.46. The Morgan fingerprint density at radius 1 is 1.06 bits per heavy atom. The van der Waals surface area contributed by atoms with E-state index < -0.39 is 0 Å². The van der Waals surface area contributed by atoms with Gasteiger partial charge in [-0.15, -0.1) is 11.8 Å². The summed E-state index contributed by atoms with van der Waals surface area (Å²) in [6.07, 6.45) is 0. The second kappa shape index (κ2) is 10.5. The van der Waals surface area contributed by atoms with Gasteiger partial charge in [-0.25, -0.2) is 0 Å². The van der Waals surface area contributed by atoms with Crippen molar-refractivity contribution in [3.63, 3.8) is 0 Å². The molecule has 0 radical (unpaired) electrons. The highest BCUT2D eigenvalue weighted by atomic mass is 79.9. The van der Waals surface area contributed by atoms with Crippen molar-refractivity contribution in [1.82, 2.24) is 0 Å². The molecule has 0 spiro atoms. The first-order chi connectivity index (χ1) is 15.5. The van der Waals surface area contributed by atoms with Crippen molar-refractivity contribution in [2.45, 2.75) is 18.9 Å². The first-order valence-corrected chi connectivity index (χ1v) is 13.0. The Morgan fingerprint density at radius 2 is 1.78 bits per heavy atom. The lowest BCUT2D eigenvalue weighted by molar-refractivity contribution is -0.115. The number of nitrogens with zero attached hydrogens (tertiary/aromatic N) is 1. The van der Waals surface area contributed by atoms with Gasteiger partial charge in [0.1, 0.15) is 12.0 Å². The molecule has 8 heteroatoms. The normalized spacial score (nSPS) is 15.8. The van der Waals surface area contributed by atoms with Gasteiger partial charge >= 0.3 is 0 Å². The predicted octanol–water partition coefficient (Wildman–Crippen LogP) is 7.62. The van der Waals surface area contributed by atoms with Gasteiger partial charge in [-0.3, -0.25) is 9.69 Å².